The van der Waals surface area contributed by atoms with Crippen LogP contribution >= 0.6 is 12.4 Å². The van der Waals surface area contributed by atoms with Crippen molar-refractivity contribution in [3.8, 4) is 0 Å². The monoisotopic (exact) mass is 381 g/mol. The summed E-state index contributed by atoms with van der Waals surface area (Å²) in [6, 6.07) is 9.83. The van der Waals surface area contributed by atoms with Crippen LogP contribution in [-0.2, 0) is 16.1 Å². The molecule has 1 aromatic rings. The third-order valence-electron chi connectivity index (χ3n) is 4.80. The number of nitrogens with one attached hydrogen (secondary N) is 1. The van der Waals surface area contributed by atoms with Crippen molar-refractivity contribution in [1.29, 1.82) is 0 Å². The fraction of sp³-hybridized carbons (Fsp3) is 0.600. The fourth-order valence-corrected chi connectivity index (χ4v) is 3.37. The number of amides is 2. The molecule has 1 atom stereocenters. The molecule has 6 heteroatoms. The summed E-state index contributed by atoms with van der Waals surface area (Å²) >= 11 is 0. The minimum atomic E-state index is -0.142. The molecule has 1 aliphatic carbocycles. The lowest BCUT2D eigenvalue weighted by Gasteiger charge is -2.25. The van der Waals surface area contributed by atoms with Gasteiger partial charge in [0, 0.05) is 31.5 Å². The largest absolute Gasteiger partial charge is 0.353 e. The van der Waals surface area contributed by atoms with Crippen molar-refractivity contribution in [3.05, 3.63) is 35.9 Å². The van der Waals surface area contributed by atoms with Gasteiger partial charge in [-0.3, -0.25) is 9.59 Å². The normalized spacial score (nSPS) is 15.2. The number of hydrogen-bond donors (Lipinski definition) is 2. The van der Waals surface area contributed by atoms with E-state index in [-0.39, 0.29) is 36.2 Å². The van der Waals surface area contributed by atoms with Crippen molar-refractivity contribution in [2.45, 2.75) is 58.0 Å². The Balaban J connectivity index is 0.00000338. The lowest BCUT2D eigenvalue weighted by molar-refractivity contribution is -0.132. The Morgan fingerprint density at radius 1 is 1.23 bits per heavy atom. The molecular weight excluding hydrogens is 350 g/mol. The topological polar surface area (TPSA) is 75.4 Å². The molecule has 1 aliphatic rings. The third kappa shape index (κ3) is 7.34. The van der Waals surface area contributed by atoms with Gasteiger partial charge in [-0.25, -0.2) is 0 Å². The second-order valence-corrected chi connectivity index (χ2v) is 7.04. The summed E-state index contributed by atoms with van der Waals surface area (Å²) in [7, 11) is 0. The fourth-order valence-electron chi connectivity index (χ4n) is 3.37. The zero-order valence-electron chi connectivity index (χ0n) is 15.7. The van der Waals surface area contributed by atoms with Crippen molar-refractivity contribution < 1.29 is 9.59 Å². The van der Waals surface area contributed by atoms with Gasteiger partial charge in [0.15, 0.2) is 0 Å². The second kappa shape index (κ2) is 11.9. The van der Waals surface area contributed by atoms with E-state index in [4.69, 9.17) is 5.73 Å². The van der Waals surface area contributed by atoms with Crippen LogP contribution in [0.1, 0.15) is 51.0 Å². The van der Waals surface area contributed by atoms with Crippen LogP contribution in [0.5, 0.6) is 0 Å². The minimum Gasteiger partial charge on any atom is -0.353 e. The van der Waals surface area contributed by atoms with E-state index in [9.17, 15) is 9.59 Å². The van der Waals surface area contributed by atoms with Gasteiger partial charge in [0.25, 0.3) is 0 Å². The number of carbonyl (C=O) groups is 2. The number of nitrogens with zero attached hydrogens (tertiary/aromatic N) is 1. The van der Waals surface area contributed by atoms with Crippen molar-refractivity contribution in [2.24, 2.45) is 11.7 Å². The predicted molar refractivity (Wildman–Crippen MR) is 107 cm³/mol. The van der Waals surface area contributed by atoms with Crippen LogP contribution in [0.2, 0.25) is 0 Å². The van der Waals surface area contributed by atoms with E-state index in [0.717, 1.165) is 37.7 Å². The van der Waals surface area contributed by atoms with E-state index in [0.29, 0.717) is 26.1 Å². The van der Waals surface area contributed by atoms with Gasteiger partial charge >= 0.3 is 0 Å². The molecule has 1 unspecified atom stereocenters. The average Bonchev–Trinajstić information content (AvgIpc) is 3.14. The molecule has 0 radical (unpaired) electrons. The Bertz CT molecular complexity index is 547. The summed E-state index contributed by atoms with van der Waals surface area (Å²) in [5.74, 6) is 0.307. The molecule has 2 amide bonds. The summed E-state index contributed by atoms with van der Waals surface area (Å²) in [6.45, 7) is 3.71. The molecule has 1 fully saturated rings. The Morgan fingerprint density at radius 2 is 1.88 bits per heavy atom. The van der Waals surface area contributed by atoms with Gasteiger partial charge in [0.05, 0.1) is 0 Å². The number of hydrogen-bond acceptors (Lipinski definition) is 3. The van der Waals surface area contributed by atoms with Gasteiger partial charge in [-0.1, -0.05) is 43.2 Å². The van der Waals surface area contributed by atoms with E-state index >= 15 is 0 Å². The predicted octanol–water partition coefficient (Wildman–Crippen LogP) is 2.87. The molecule has 2 rings (SSSR count). The zero-order chi connectivity index (χ0) is 18.1. The van der Waals surface area contributed by atoms with E-state index in [1.54, 1.807) is 0 Å². The van der Waals surface area contributed by atoms with Crippen molar-refractivity contribution in [3.63, 3.8) is 0 Å². The van der Waals surface area contributed by atoms with Crippen molar-refractivity contribution in [1.82, 2.24) is 10.2 Å². The SMILES string of the molecule is CC(CC(=O)N(CCCN)Cc1ccccc1)NC(=O)C1CCCC1.Cl. The molecule has 3 N–H and O–H groups in total. The summed E-state index contributed by atoms with van der Waals surface area (Å²) in [5.41, 5.74) is 6.72. The summed E-state index contributed by atoms with van der Waals surface area (Å²) in [4.78, 5) is 26.8. The Morgan fingerprint density at radius 3 is 2.50 bits per heavy atom. The van der Waals surface area contributed by atoms with Gasteiger partial charge in [-0.05, 0) is 38.3 Å². The number of benzene rings is 1. The third-order valence-corrected chi connectivity index (χ3v) is 4.80. The van der Waals surface area contributed by atoms with Crippen LogP contribution in [-0.4, -0.2) is 35.8 Å². The van der Waals surface area contributed by atoms with Crippen LogP contribution in [0.3, 0.4) is 0 Å². The first kappa shape index (κ1) is 22.5. The highest BCUT2D eigenvalue weighted by molar-refractivity contribution is 5.85. The summed E-state index contributed by atoms with van der Waals surface area (Å²) in [6.07, 6.45) is 5.33. The quantitative estimate of drug-likeness (QED) is 0.690. The maximum Gasteiger partial charge on any atom is 0.224 e. The molecule has 0 aliphatic heterocycles. The Kier molecular flexibility index (Phi) is 10.3. The van der Waals surface area contributed by atoms with Gasteiger partial charge in [-0.2, -0.15) is 0 Å². The smallest absolute Gasteiger partial charge is 0.224 e. The number of carbonyl (C=O) groups excluding carboxylic acids is 2. The molecule has 0 heterocycles. The minimum absolute atomic E-state index is 0. The first-order valence-electron chi connectivity index (χ1n) is 9.42. The Labute approximate surface area is 163 Å². The highest BCUT2D eigenvalue weighted by Gasteiger charge is 2.25. The average molecular weight is 382 g/mol. The van der Waals surface area contributed by atoms with Crippen molar-refractivity contribution in [2.75, 3.05) is 13.1 Å². The lowest BCUT2D eigenvalue weighted by atomic mass is 10.1. The lowest BCUT2D eigenvalue weighted by Crippen LogP contribution is -2.41. The first-order valence-corrected chi connectivity index (χ1v) is 9.42. The highest BCUT2D eigenvalue weighted by atomic mass is 35.5. The number of rotatable bonds is 9. The molecule has 1 aromatic carbocycles. The van der Waals surface area contributed by atoms with E-state index < -0.39 is 0 Å². The van der Waals surface area contributed by atoms with Crippen LogP contribution in [0, 0.1) is 5.92 Å². The van der Waals surface area contributed by atoms with Crippen LogP contribution in [0.25, 0.3) is 0 Å². The van der Waals surface area contributed by atoms with E-state index in [1.807, 2.05) is 42.2 Å². The van der Waals surface area contributed by atoms with Gasteiger partial charge in [0.2, 0.25) is 11.8 Å². The van der Waals surface area contributed by atoms with E-state index in [2.05, 4.69) is 5.32 Å². The molecule has 1 saturated carbocycles. The van der Waals surface area contributed by atoms with Gasteiger partial charge < -0.3 is 16.0 Å². The molecule has 146 valence electrons. The number of halogens is 1. The first-order chi connectivity index (χ1) is 12.1. The molecular formula is C20H32ClN3O2. The van der Waals surface area contributed by atoms with Gasteiger partial charge in [-0.15, -0.1) is 12.4 Å². The van der Waals surface area contributed by atoms with E-state index in [1.165, 1.54) is 0 Å². The number of nitrogens with two attached hydrogens (primary N) is 1. The Hall–Kier alpha value is -1.59. The zero-order valence-corrected chi connectivity index (χ0v) is 16.5. The molecule has 5 nitrogen and oxygen atoms in total. The van der Waals surface area contributed by atoms with Gasteiger partial charge in [0.1, 0.15) is 0 Å². The highest BCUT2D eigenvalue weighted by Crippen LogP contribution is 2.24. The summed E-state index contributed by atoms with van der Waals surface area (Å²) in [5, 5.41) is 3.02. The summed E-state index contributed by atoms with van der Waals surface area (Å²) < 4.78 is 0. The second-order valence-electron chi connectivity index (χ2n) is 7.04. The molecule has 0 saturated heterocycles. The van der Waals surface area contributed by atoms with Crippen molar-refractivity contribution >= 4 is 24.2 Å². The maximum absolute atomic E-state index is 12.7. The van der Waals surface area contributed by atoms with Crippen LogP contribution < -0.4 is 11.1 Å². The maximum atomic E-state index is 12.7. The molecule has 0 bridgehead atoms. The molecule has 0 aromatic heterocycles. The standard InChI is InChI=1S/C20H31N3O2.ClH/c1-16(22-20(25)18-10-5-6-11-18)14-19(24)23(13-7-12-21)15-17-8-3-2-4-9-17;/h2-4,8-9,16,18H,5-7,10-15,21H2,1H3,(H,22,25);1H. The van der Waals surface area contributed by atoms with Crippen LogP contribution in [0.15, 0.2) is 30.3 Å². The molecule has 0 spiro atoms. The molecule has 26 heavy (non-hydrogen) atoms. The van der Waals surface area contributed by atoms with Crippen LogP contribution in [0.4, 0.5) is 0 Å².